The molecule has 0 amide bonds. The Kier molecular flexibility index (Phi) is 6.94. The largest absolute Gasteiger partial charge is 0.490 e. The van der Waals surface area contributed by atoms with Gasteiger partial charge in [-0.2, -0.15) is 0 Å². The highest BCUT2D eigenvalue weighted by atomic mass is 32.1. The Bertz CT molecular complexity index is 775. The number of ketones is 1. The molecule has 1 aliphatic heterocycles. The molecular weight excluding hydrogens is 372 g/mol. The van der Waals surface area contributed by atoms with Gasteiger partial charge in [0, 0.05) is 24.7 Å². The van der Waals surface area contributed by atoms with Crippen LogP contribution < -0.4 is 14.8 Å². The predicted molar refractivity (Wildman–Crippen MR) is 115 cm³/mol. The van der Waals surface area contributed by atoms with Gasteiger partial charge in [0.1, 0.15) is 0 Å². The van der Waals surface area contributed by atoms with Gasteiger partial charge in [-0.3, -0.25) is 4.79 Å². The lowest BCUT2D eigenvalue weighted by Gasteiger charge is -2.39. The lowest BCUT2D eigenvalue weighted by atomic mass is 9.85. The van der Waals surface area contributed by atoms with Gasteiger partial charge < -0.3 is 19.7 Å². The second kappa shape index (κ2) is 9.41. The van der Waals surface area contributed by atoms with Crippen molar-refractivity contribution in [2.75, 3.05) is 20.3 Å². The van der Waals surface area contributed by atoms with Gasteiger partial charge in [-0.25, -0.2) is 0 Å². The van der Waals surface area contributed by atoms with Crippen molar-refractivity contribution in [3.63, 3.8) is 0 Å². The van der Waals surface area contributed by atoms with Crippen LogP contribution in [0.4, 0.5) is 0 Å². The first-order valence-electron chi connectivity index (χ1n) is 10.3. The first-order valence-corrected chi connectivity index (χ1v) is 10.7. The van der Waals surface area contributed by atoms with Crippen LogP contribution in [0.5, 0.6) is 11.5 Å². The van der Waals surface area contributed by atoms with Crippen LogP contribution in [0.3, 0.4) is 0 Å². The summed E-state index contributed by atoms with van der Waals surface area (Å²) in [5, 5.41) is 3.99. The molecule has 1 aromatic rings. The van der Waals surface area contributed by atoms with Crippen LogP contribution in [0.15, 0.2) is 29.5 Å². The molecule has 0 bridgehead atoms. The Balaban J connectivity index is 1.91. The maximum Gasteiger partial charge on any atom is 0.173 e. The maximum atomic E-state index is 12.7. The standard InChI is InChI=1S/C22H30N2O3S/c1-4-6-7-13-27-18-12-11-15(14-19(18)26-5-2)21-20-16(9-8-10-17(20)25)24(3)22(28)23-21/h11-12,14,21H,4-10,13H2,1-3H3,(H,23,28). The number of Topliss-reactive ketones (excluding diaryl/α,β-unsaturated/α-hetero) is 1. The van der Waals surface area contributed by atoms with Crippen molar-refractivity contribution in [2.24, 2.45) is 0 Å². The molecule has 28 heavy (non-hydrogen) atoms. The molecule has 2 aliphatic rings. The van der Waals surface area contributed by atoms with Crippen LogP contribution in [0, 0.1) is 0 Å². The first-order chi connectivity index (χ1) is 13.6. The number of unbranched alkanes of at least 4 members (excludes halogenated alkanes) is 2. The molecule has 5 nitrogen and oxygen atoms in total. The number of carbonyl (C=O) groups is 1. The summed E-state index contributed by atoms with van der Waals surface area (Å²) in [5.41, 5.74) is 2.85. The quantitative estimate of drug-likeness (QED) is 0.510. The Labute approximate surface area is 173 Å². The SMILES string of the molecule is CCCCCOc1ccc(C2NC(=S)N(C)C3=C2C(=O)CCC3)cc1OCC. The Hall–Kier alpha value is -2.08. The summed E-state index contributed by atoms with van der Waals surface area (Å²) >= 11 is 5.52. The van der Waals surface area contributed by atoms with Gasteiger partial charge in [0.2, 0.25) is 0 Å². The van der Waals surface area contributed by atoms with E-state index in [4.69, 9.17) is 21.7 Å². The van der Waals surface area contributed by atoms with Gasteiger partial charge in [-0.15, -0.1) is 0 Å². The molecule has 0 aromatic heterocycles. The van der Waals surface area contributed by atoms with E-state index in [9.17, 15) is 4.79 Å². The van der Waals surface area contributed by atoms with Gasteiger partial charge in [0.25, 0.3) is 0 Å². The summed E-state index contributed by atoms with van der Waals surface area (Å²) in [5.74, 6) is 1.67. The topological polar surface area (TPSA) is 50.8 Å². The van der Waals surface area contributed by atoms with Crippen LogP contribution in [-0.4, -0.2) is 36.1 Å². The van der Waals surface area contributed by atoms with E-state index in [1.165, 1.54) is 0 Å². The molecular formula is C22H30N2O3S. The number of carbonyl (C=O) groups excluding carboxylic acids is 1. The third-order valence-corrected chi connectivity index (χ3v) is 5.69. The van der Waals surface area contributed by atoms with Crippen molar-refractivity contribution in [2.45, 2.75) is 58.4 Å². The molecule has 1 aromatic carbocycles. The van der Waals surface area contributed by atoms with E-state index in [1.54, 1.807) is 0 Å². The Morgan fingerprint density at radius 2 is 2.00 bits per heavy atom. The minimum atomic E-state index is -0.236. The van der Waals surface area contributed by atoms with E-state index in [2.05, 4.69) is 12.2 Å². The van der Waals surface area contributed by atoms with Crippen molar-refractivity contribution < 1.29 is 14.3 Å². The molecule has 3 rings (SSSR count). The highest BCUT2D eigenvalue weighted by molar-refractivity contribution is 7.80. The fourth-order valence-electron chi connectivity index (χ4n) is 3.81. The molecule has 6 heteroatoms. The zero-order valence-corrected chi connectivity index (χ0v) is 17.9. The number of thiocarbonyl (C=S) groups is 1. The first kappa shape index (κ1) is 20.6. The van der Waals surface area contributed by atoms with Gasteiger partial charge >= 0.3 is 0 Å². The molecule has 152 valence electrons. The average Bonchev–Trinajstić information content (AvgIpc) is 2.69. The highest BCUT2D eigenvalue weighted by Crippen LogP contribution is 2.39. The number of hydrogen-bond donors (Lipinski definition) is 1. The molecule has 1 atom stereocenters. The number of hydrogen-bond acceptors (Lipinski definition) is 4. The summed E-state index contributed by atoms with van der Waals surface area (Å²) in [7, 11) is 1.93. The summed E-state index contributed by atoms with van der Waals surface area (Å²) < 4.78 is 11.8. The van der Waals surface area contributed by atoms with Crippen molar-refractivity contribution in [3.05, 3.63) is 35.0 Å². The summed E-state index contributed by atoms with van der Waals surface area (Å²) in [6, 6.07) is 5.70. The minimum Gasteiger partial charge on any atom is -0.490 e. The molecule has 1 N–H and O–H groups in total. The van der Waals surface area contributed by atoms with E-state index in [1.807, 2.05) is 37.1 Å². The molecule has 0 fully saturated rings. The number of nitrogens with zero attached hydrogens (tertiary/aromatic N) is 1. The maximum absolute atomic E-state index is 12.7. The number of benzene rings is 1. The van der Waals surface area contributed by atoms with Crippen LogP contribution in [0.1, 0.15) is 64.0 Å². The molecule has 0 saturated heterocycles. The number of allylic oxidation sites excluding steroid dienone is 1. The Morgan fingerprint density at radius 1 is 1.18 bits per heavy atom. The summed E-state index contributed by atoms with van der Waals surface area (Å²) in [6.07, 6.45) is 5.69. The fourth-order valence-corrected chi connectivity index (χ4v) is 4.04. The van der Waals surface area contributed by atoms with Crippen LogP contribution in [0.25, 0.3) is 0 Å². The molecule has 1 unspecified atom stereocenters. The highest BCUT2D eigenvalue weighted by Gasteiger charge is 2.36. The van der Waals surface area contributed by atoms with Crippen LogP contribution in [-0.2, 0) is 4.79 Å². The zero-order chi connectivity index (χ0) is 20.1. The van der Waals surface area contributed by atoms with Crippen molar-refractivity contribution in [3.8, 4) is 11.5 Å². The van der Waals surface area contributed by atoms with E-state index in [0.717, 1.165) is 54.7 Å². The number of rotatable bonds is 8. The van der Waals surface area contributed by atoms with E-state index < -0.39 is 0 Å². The fraction of sp³-hybridized carbons (Fsp3) is 0.545. The van der Waals surface area contributed by atoms with E-state index in [0.29, 0.717) is 30.5 Å². The molecule has 0 radical (unpaired) electrons. The second-order valence-electron chi connectivity index (χ2n) is 7.27. The van der Waals surface area contributed by atoms with Crippen LogP contribution >= 0.6 is 12.2 Å². The minimum absolute atomic E-state index is 0.200. The van der Waals surface area contributed by atoms with E-state index in [-0.39, 0.29) is 11.8 Å². The average molecular weight is 403 g/mol. The van der Waals surface area contributed by atoms with Gasteiger partial charge in [-0.05, 0) is 56.1 Å². The number of ether oxygens (including phenoxy) is 2. The van der Waals surface area contributed by atoms with E-state index >= 15 is 0 Å². The summed E-state index contributed by atoms with van der Waals surface area (Å²) in [6.45, 7) is 5.37. The Morgan fingerprint density at radius 3 is 2.75 bits per heavy atom. The zero-order valence-electron chi connectivity index (χ0n) is 17.0. The predicted octanol–water partition coefficient (Wildman–Crippen LogP) is 4.52. The summed E-state index contributed by atoms with van der Waals surface area (Å²) in [4.78, 5) is 14.7. The molecule has 0 spiro atoms. The second-order valence-corrected chi connectivity index (χ2v) is 7.66. The van der Waals surface area contributed by atoms with Crippen molar-refractivity contribution in [1.29, 1.82) is 0 Å². The van der Waals surface area contributed by atoms with Gasteiger partial charge in [0.15, 0.2) is 22.4 Å². The normalized spacial score (nSPS) is 19.4. The number of nitrogens with one attached hydrogen (secondary N) is 1. The lowest BCUT2D eigenvalue weighted by Crippen LogP contribution is -2.47. The van der Waals surface area contributed by atoms with Crippen molar-refractivity contribution >= 4 is 23.1 Å². The monoisotopic (exact) mass is 402 g/mol. The third kappa shape index (κ3) is 4.32. The van der Waals surface area contributed by atoms with Gasteiger partial charge in [0.05, 0.1) is 19.3 Å². The molecule has 1 aliphatic carbocycles. The molecule has 1 heterocycles. The smallest absolute Gasteiger partial charge is 0.173 e. The lowest BCUT2D eigenvalue weighted by molar-refractivity contribution is -0.116. The van der Waals surface area contributed by atoms with Crippen molar-refractivity contribution in [1.82, 2.24) is 10.2 Å². The molecule has 0 saturated carbocycles. The van der Waals surface area contributed by atoms with Crippen LogP contribution in [0.2, 0.25) is 0 Å². The third-order valence-electron chi connectivity index (χ3n) is 5.30. The van der Waals surface area contributed by atoms with Gasteiger partial charge in [-0.1, -0.05) is 25.8 Å².